The molecule has 21 heavy (non-hydrogen) atoms. The molecular formula is C14H15Cl2N3OS. The number of benzene rings is 1. The maximum Gasteiger partial charge on any atom is 0.273 e. The third-order valence-electron chi connectivity index (χ3n) is 3.21. The van der Waals surface area contributed by atoms with Crippen molar-refractivity contribution in [2.24, 2.45) is 5.73 Å². The van der Waals surface area contributed by atoms with Gasteiger partial charge in [-0.25, -0.2) is 4.98 Å². The van der Waals surface area contributed by atoms with Crippen LogP contribution in [0.25, 0.3) is 10.6 Å². The van der Waals surface area contributed by atoms with Crippen LogP contribution in [0.1, 0.15) is 17.4 Å². The number of carbonyl (C=O) groups is 1. The van der Waals surface area contributed by atoms with Crippen molar-refractivity contribution in [1.29, 1.82) is 0 Å². The molecule has 0 aliphatic carbocycles. The van der Waals surface area contributed by atoms with E-state index in [4.69, 9.17) is 28.9 Å². The smallest absolute Gasteiger partial charge is 0.273 e. The summed E-state index contributed by atoms with van der Waals surface area (Å²) >= 11 is 13.4. The number of hydrogen-bond donors (Lipinski definition) is 1. The first kappa shape index (κ1) is 16.2. The molecule has 1 aromatic heterocycles. The van der Waals surface area contributed by atoms with Crippen LogP contribution in [-0.4, -0.2) is 35.4 Å². The van der Waals surface area contributed by atoms with Crippen molar-refractivity contribution in [3.05, 3.63) is 39.3 Å². The van der Waals surface area contributed by atoms with Gasteiger partial charge < -0.3 is 10.6 Å². The average molecular weight is 344 g/mol. The molecule has 0 bridgehead atoms. The Hall–Kier alpha value is -1.14. The molecule has 0 fully saturated rings. The van der Waals surface area contributed by atoms with Gasteiger partial charge in [-0.05, 0) is 25.1 Å². The molecule has 4 nitrogen and oxygen atoms in total. The lowest BCUT2D eigenvalue weighted by molar-refractivity contribution is 0.0743. The van der Waals surface area contributed by atoms with Gasteiger partial charge in [0.1, 0.15) is 10.7 Å². The molecule has 1 atom stereocenters. The van der Waals surface area contributed by atoms with Crippen LogP contribution in [-0.2, 0) is 0 Å². The van der Waals surface area contributed by atoms with E-state index >= 15 is 0 Å². The highest BCUT2D eigenvalue weighted by molar-refractivity contribution is 7.13. The Kier molecular flexibility index (Phi) is 5.22. The van der Waals surface area contributed by atoms with Crippen LogP contribution in [0.4, 0.5) is 0 Å². The number of rotatable bonds is 4. The molecule has 2 aromatic rings. The van der Waals surface area contributed by atoms with Crippen molar-refractivity contribution in [2.45, 2.75) is 13.0 Å². The molecule has 2 N–H and O–H groups in total. The second kappa shape index (κ2) is 6.75. The molecule has 2 rings (SSSR count). The minimum absolute atomic E-state index is 0.0400. The number of aromatic nitrogens is 1. The van der Waals surface area contributed by atoms with Crippen LogP contribution in [0.5, 0.6) is 0 Å². The van der Waals surface area contributed by atoms with E-state index in [1.165, 1.54) is 11.3 Å². The molecule has 0 saturated heterocycles. The van der Waals surface area contributed by atoms with Crippen molar-refractivity contribution in [1.82, 2.24) is 9.88 Å². The SMILES string of the molecule is CC(CN)N(C)C(=O)c1csc(-c2ccc(Cl)cc2Cl)n1. The van der Waals surface area contributed by atoms with Crippen LogP contribution in [0.3, 0.4) is 0 Å². The van der Waals surface area contributed by atoms with Crippen LogP contribution in [0.2, 0.25) is 10.0 Å². The van der Waals surface area contributed by atoms with Gasteiger partial charge >= 0.3 is 0 Å². The van der Waals surface area contributed by atoms with Gasteiger partial charge in [-0.3, -0.25) is 4.79 Å². The van der Waals surface area contributed by atoms with E-state index in [-0.39, 0.29) is 11.9 Å². The van der Waals surface area contributed by atoms with Gasteiger partial charge in [0, 0.05) is 35.6 Å². The van der Waals surface area contributed by atoms with Crippen LogP contribution >= 0.6 is 34.5 Å². The van der Waals surface area contributed by atoms with Gasteiger partial charge in [-0.2, -0.15) is 0 Å². The average Bonchev–Trinajstić information content (AvgIpc) is 2.94. The minimum Gasteiger partial charge on any atom is -0.336 e. The summed E-state index contributed by atoms with van der Waals surface area (Å²) < 4.78 is 0. The van der Waals surface area contributed by atoms with Crippen molar-refractivity contribution >= 4 is 40.4 Å². The van der Waals surface area contributed by atoms with E-state index in [1.54, 1.807) is 35.5 Å². The summed E-state index contributed by atoms with van der Waals surface area (Å²) in [5, 5.41) is 3.49. The molecule has 0 aliphatic rings. The van der Waals surface area contributed by atoms with Crippen molar-refractivity contribution in [3.8, 4) is 10.6 Å². The fourth-order valence-corrected chi connectivity index (χ4v) is 3.08. The Morgan fingerprint density at radius 1 is 1.48 bits per heavy atom. The maximum atomic E-state index is 12.3. The number of amides is 1. The summed E-state index contributed by atoms with van der Waals surface area (Å²) in [7, 11) is 1.72. The number of hydrogen-bond acceptors (Lipinski definition) is 4. The van der Waals surface area contributed by atoms with Gasteiger partial charge in [-0.15, -0.1) is 11.3 Å². The number of carbonyl (C=O) groups excluding carboxylic acids is 1. The molecule has 0 spiro atoms. The van der Waals surface area contributed by atoms with E-state index in [2.05, 4.69) is 4.98 Å². The first-order valence-corrected chi connectivity index (χ1v) is 7.95. The summed E-state index contributed by atoms with van der Waals surface area (Å²) in [5.41, 5.74) is 6.73. The maximum absolute atomic E-state index is 12.3. The van der Waals surface area contributed by atoms with E-state index in [0.717, 1.165) is 5.56 Å². The molecular weight excluding hydrogens is 329 g/mol. The summed E-state index contributed by atoms with van der Waals surface area (Å²) in [6, 6.07) is 5.16. The Morgan fingerprint density at radius 3 is 2.81 bits per heavy atom. The number of nitrogens with two attached hydrogens (primary N) is 1. The fourth-order valence-electron chi connectivity index (χ4n) is 1.70. The zero-order chi connectivity index (χ0) is 15.6. The summed E-state index contributed by atoms with van der Waals surface area (Å²) in [5.74, 6) is -0.152. The number of likely N-dealkylation sites (N-methyl/N-ethyl adjacent to an activating group) is 1. The fraction of sp³-hybridized carbons (Fsp3) is 0.286. The molecule has 1 heterocycles. The van der Waals surface area contributed by atoms with Gasteiger partial charge in [-0.1, -0.05) is 23.2 Å². The Morgan fingerprint density at radius 2 is 2.19 bits per heavy atom. The molecule has 1 aromatic carbocycles. The van der Waals surface area contributed by atoms with Gasteiger partial charge in [0.15, 0.2) is 0 Å². The predicted octanol–water partition coefficient (Wildman–Crippen LogP) is 3.54. The lowest BCUT2D eigenvalue weighted by Gasteiger charge is -2.22. The zero-order valence-corrected chi connectivity index (χ0v) is 14.0. The van der Waals surface area contributed by atoms with Crippen molar-refractivity contribution in [2.75, 3.05) is 13.6 Å². The number of thiazole rings is 1. The van der Waals surface area contributed by atoms with Crippen LogP contribution < -0.4 is 5.73 Å². The highest BCUT2D eigenvalue weighted by Crippen LogP contribution is 2.32. The standard InChI is InChI=1S/C14H15Cl2N3OS/c1-8(6-17)19(2)14(20)12-7-21-13(18-12)10-4-3-9(15)5-11(10)16/h3-5,7-8H,6,17H2,1-2H3. The summed E-state index contributed by atoms with van der Waals surface area (Å²) in [4.78, 5) is 18.2. The molecule has 112 valence electrons. The summed E-state index contributed by atoms with van der Waals surface area (Å²) in [6.45, 7) is 2.30. The Bertz CT molecular complexity index is 659. The zero-order valence-electron chi connectivity index (χ0n) is 11.6. The minimum atomic E-state index is -0.152. The van der Waals surface area contributed by atoms with Crippen LogP contribution in [0, 0.1) is 0 Å². The van der Waals surface area contributed by atoms with E-state index in [0.29, 0.717) is 27.3 Å². The monoisotopic (exact) mass is 343 g/mol. The Balaban J connectivity index is 2.27. The van der Waals surface area contributed by atoms with Gasteiger partial charge in [0.2, 0.25) is 0 Å². The highest BCUT2D eigenvalue weighted by atomic mass is 35.5. The second-order valence-electron chi connectivity index (χ2n) is 4.66. The second-order valence-corrected chi connectivity index (χ2v) is 6.36. The quantitative estimate of drug-likeness (QED) is 0.923. The first-order valence-electron chi connectivity index (χ1n) is 6.32. The van der Waals surface area contributed by atoms with Gasteiger partial charge in [0.05, 0.1) is 5.02 Å². The predicted molar refractivity (Wildman–Crippen MR) is 88.2 cm³/mol. The number of halogens is 2. The summed E-state index contributed by atoms with van der Waals surface area (Å²) in [6.07, 6.45) is 0. The first-order chi connectivity index (χ1) is 9.93. The Labute approximate surface area is 137 Å². The largest absolute Gasteiger partial charge is 0.336 e. The highest BCUT2D eigenvalue weighted by Gasteiger charge is 2.20. The molecule has 7 heteroatoms. The van der Waals surface area contributed by atoms with Crippen molar-refractivity contribution in [3.63, 3.8) is 0 Å². The lowest BCUT2D eigenvalue weighted by Crippen LogP contribution is -2.39. The van der Waals surface area contributed by atoms with E-state index in [9.17, 15) is 4.79 Å². The molecule has 0 radical (unpaired) electrons. The molecule has 0 aliphatic heterocycles. The van der Waals surface area contributed by atoms with E-state index in [1.807, 2.05) is 6.92 Å². The lowest BCUT2D eigenvalue weighted by atomic mass is 10.2. The third kappa shape index (κ3) is 3.55. The normalized spacial score (nSPS) is 12.2. The molecule has 1 amide bonds. The molecule has 1 unspecified atom stereocenters. The third-order valence-corrected chi connectivity index (χ3v) is 4.63. The van der Waals surface area contributed by atoms with Gasteiger partial charge in [0.25, 0.3) is 5.91 Å². The van der Waals surface area contributed by atoms with E-state index < -0.39 is 0 Å². The molecule has 0 saturated carbocycles. The van der Waals surface area contributed by atoms with Crippen molar-refractivity contribution < 1.29 is 4.79 Å². The number of nitrogens with zero attached hydrogens (tertiary/aromatic N) is 2. The topological polar surface area (TPSA) is 59.2 Å². The van der Waals surface area contributed by atoms with Crippen LogP contribution in [0.15, 0.2) is 23.6 Å².